The molecule has 2 atom stereocenters. The first kappa shape index (κ1) is 15.6. The van der Waals surface area contributed by atoms with Crippen molar-refractivity contribution in [3.05, 3.63) is 63.0 Å². The Kier molecular flexibility index (Phi) is 3.54. The molecule has 2 aromatic carbocycles. The summed E-state index contributed by atoms with van der Waals surface area (Å²) in [6.07, 6.45) is 0.897. The maximum absolute atomic E-state index is 12.2. The molecule has 2 unspecified atom stereocenters. The van der Waals surface area contributed by atoms with E-state index in [1.54, 1.807) is 15.5 Å². The number of phenols is 1. The molecule has 6 rings (SSSR count). The molecule has 25 heavy (non-hydrogen) atoms. The first-order valence-corrected chi connectivity index (χ1v) is 14.3. The van der Waals surface area contributed by atoms with E-state index in [0.717, 1.165) is 6.42 Å². The maximum atomic E-state index is 12.2. The topological polar surface area (TPSA) is 66.4 Å². The summed E-state index contributed by atoms with van der Waals surface area (Å²) in [5.41, 5.74) is 3.83. The van der Waals surface area contributed by atoms with Crippen LogP contribution in [0.5, 0.6) is 5.75 Å². The van der Waals surface area contributed by atoms with E-state index in [1.807, 2.05) is 12.1 Å². The summed E-state index contributed by atoms with van der Waals surface area (Å²) in [5, 5.41) is 11.5. The van der Waals surface area contributed by atoms with E-state index in [1.165, 1.54) is 31.8 Å². The van der Waals surface area contributed by atoms with E-state index in [9.17, 15) is 14.7 Å². The van der Waals surface area contributed by atoms with Crippen LogP contribution >= 0.6 is 11.8 Å². The number of rotatable bonds is 3. The van der Waals surface area contributed by atoms with E-state index in [4.69, 9.17) is 0 Å². The molecule has 122 valence electrons. The summed E-state index contributed by atoms with van der Waals surface area (Å²) in [5.74, 6) is 0.163. The fourth-order valence-electron chi connectivity index (χ4n) is 4.39. The molecule has 4 heterocycles. The molecule has 4 aliphatic rings. The van der Waals surface area contributed by atoms with Crippen molar-refractivity contribution in [2.24, 2.45) is 0 Å². The molecule has 0 spiro atoms. The predicted octanol–water partition coefficient (Wildman–Crippen LogP) is 2.38. The molecule has 2 bridgehead atoms. The van der Waals surface area contributed by atoms with Crippen molar-refractivity contribution in [1.82, 2.24) is 5.32 Å². The number of carbonyl (C=O) groups excluding carboxylic acids is 2. The standard InChI is InChI=1S/C19H14NO3S.In/c21-16-10-7-13(8-11-16)6-9-15(14-4-2-1-3-5-14)12-17-18(22)20-19(23)24-17;/h1-4,7-8,10-12,17,21H,6H2,(H,20,22,23);. The molecule has 0 aromatic heterocycles. The molecule has 6 heteroatoms. The van der Waals surface area contributed by atoms with Crippen molar-refractivity contribution in [2.75, 3.05) is 0 Å². The van der Waals surface area contributed by atoms with Crippen LogP contribution in [0.4, 0.5) is 4.79 Å². The van der Waals surface area contributed by atoms with Gasteiger partial charge in [0.25, 0.3) is 0 Å². The molecule has 2 N–H and O–H groups in total. The number of carbonyl (C=O) groups is 2. The Bertz CT molecular complexity index is 953. The number of nitrogens with one attached hydrogen (secondary N) is 1. The third-order valence-electron chi connectivity index (χ3n) is 5.37. The van der Waals surface area contributed by atoms with E-state index < -0.39 is 21.4 Å². The number of phenolic OH excluding ortho intramolecular Hbond substituents is 1. The SMILES string of the molecule is O=C1NC(=O)C([CH]2C3=[C](Cc4ccc(O)cc4)[In]2[c]2ccccc23)S1. The van der Waals surface area contributed by atoms with Gasteiger partial charge in [-0.25, -0.2) is 0 Å². The van der Waals surface area contributed by atoms with Crippen LogP contribution in [0.1, 0.15) is 11.1 Å². The Morgan fingerprint density at radius 1 is 1.08 bits per heavy atom. The van der Waals surface area contributed by atoms with Crippen molar-refractivity contribution in [1.29, 1.82) is 0 Å². The molecule has 0 aliphatic carbocycles. The molecule has 2 aromatic rings. The van der Waals surface area contributed by atoms with Crippen LogP contribution < -0.4 is 8.64 Å². The molecular formula is C19H14InNO3S. The van der Waals surface area contributed by atoms with Crippen LogP contribution in [0.3, 0.4) is 0 Å². The van der Waals surface area contributed by atoms with Gasteiger partial charge in [-0.05, 0) is 0 Å². The fourth-order valence-corrected chi connectivity index (χ4v) is 18.9. The number of hydrogen-bond acceptors (Lipinski definition) is 4. The summed E-state index contributed by atoms with van der Waals surface area (Å²) in [4.78, 5) is 23.9. The summed E-state index contributed by atoms with van der Waals surface area (Å²) in [6.45, 7) is 0. The first-order chi connectivity index (χ1) is 12.1. The third-order valence-corrected chi connectivity index (χ3v) is 18.3. The summed E-state index contributed by atoms with van der Waals surface area (Å²) in [7, 11) is 0. The molecule has 2 amide bonds. The summed E-state index contributed by atoms with van der Waals surface area (Å²) in [6, 6.07) is 15.9. The van der Waals surface area contributed by atoms with Gasteiger partial charge in [-0.2, -0.15) is 0 Å². The van der Waals surface area contributed by atoms with E-state index in [0.29, 0.717) is 3.67 Å². The zero-order chi connectivity index (χ0) is 17.1. The Labute approximate surface area is 156 Å². The van der Waals surface area contributed by atoms with Crippen molar-refractivity contribution in [3.63, 3.8) is 0 Å². The number of thioether (sulfide) groups is 1. The zero-order valence-corrected chi connectivity index (χ0v) is 17.3. The molecule has 1 saturated heterocycles. The Morgan fingerprint density at radius 3 is 2.52 bits per heavy atom. The van der Waals surface area contributed by atoms with Crippen molar-refractivity contribution >= 4 is 53.2 Å². The van der Waals surface area contributed by atoms with Crippen LogP contribution in [-0.2, 0) is 11.2 Å². The number of imide groups is 1. The van der Waals surface area contributed by atoms with Gasteiger partial charge in [0, 0.05) is 0 Å². The van der Waals surface area contributed by atoms with E-state index >= 15 is 0 Å². The first-order valence-electron chi connectivity index (χ1n) is 8.25. The van der Waals surface area contributed by atoms with Crippen molar-refractivity contribution < 1.29 is 14.7 Å². The number of aromatic hydroxyl groups is 1. The van der Waals surface area contributed by atoms with Gasteiger partial charge in [0.15, 0.2) is 0 Å². The van der Waals surface area contributed by atoms with Gasteiger partial charge in [-0.3, -0.25) is 0 Å². The fraction of sp³-hybridized carbons (Fsp3) is 0.158. The zero-order valence-electron chi connectivity index (χ0n) is 13.2. The molecule has 4 aliphatic heterocycles. The van der Waals surface area contributed by atoms with Crippen LogP contribution in [0.15, 0.2) is 51.9 Å². The minimum absolute atomic E-state index is 0.115. The molecule has 1 fully saturated rings. The van der Waals surface area contributed by atoms with E-state index in [2.05, 4.69) is 29.6 Å². The second kappa shape index (κ2) is 5.68. The predicted molar refractivity (Wildman–Crippen MR) is 99.2 cm³/mol. The molecule has 4 nitrogen and oxygen atoms in total. The van der Waals surface area contributed by atoms with Gasteiger partial charge in [0.2, 0.25) is 0 Å². The van der Waals surface area contributed by atoms with E-state index in [-0.39, 0.29) is 22.1 Å². The van der Waals surface area contributed by atoms with Gasteiger partial charge < -0.3 is 0 Å². The molecular weight excluding hydrogens is 437 g/mol. The van der Waals surface area contributed by atoms with Crippen molar-refractivity contribution in [3.8, 4) is 5.75 Å². The van der Waals surface area contributed by atoms with Gasteiger partial charge in [-0.1, -0.05) is 0 Å². The minimum atomic E-state index is -2.30. The average Bonchev–Trinajstić information content (AvgIpc) is 3.21. The average molecular weight is 451 g/mol. The third kappa shape index (κ3) is 2.30. The van der Waals surface area contributed by atoms with Crippen LogP contribution in [-0.4, -0.2) is 42.9 Å². The van der Waals surface area contributed by atoms with Crippen LogP contribution in [0, 0.1) is 0 Å². The van der Waals surface area contributed by atoms with Crippen LogP contribution in [0.2, 0.25) is 3.67 Å². The summed E-state index contributed by atoms with van der Waals surface area (Å²) < 4.78 is 3.32. The Morgan fingerprint density at radius 2 is 1.84 bits per heavy atom. The number of allylic oxidation sites excluding steroid dienone is 2. The summed E-state index contributed by atoms with van der Waals surface area (Å²) >= 11 is -1.13. The Hall–Kier alpha value is -1.66. The Balaban J connectivity index is 1.53. The quantitative estimate of drug-likeness (QED) is 0.753. The number of amides is 2. The van der Waals surface area contributed by atoms with Gasteiger partial charge in [0.05, 0.1) is 0 Å². The van der Waals surface area contributed by atoms with Gasteiger partial charge in [0.1, 0.15) is 0 Å². The second-order valence-corrected chi connectivity index (χ2v) is 16.3. The molecule has 0 saturated carbocycles. The van der Waals surface area contributed by atoms with Gasteiger partial charge >= 0.3 is 157 Å². The number of hydrogen-bond donors (Lipinski definition) is 2. The van der Waals surface area contributed by atoms with Gasteiger partial charge in [-0.15, -0.1) is 0 Å². The second-order valence-electron chi connectivity index (χ2n) is 6.69. The van der Waals surface area contributed by atoms with Crippen LogP contribution in [0.25, 0.3) is 5.57 Å². The monoisotopic (exact) mass is 451 g/mol. The number of benzene rings is 2. The molecule has 0 radical (unpaired) electrons. The van der Waals surface area contributed by atoms with Crippen molar-refractivity contribution in [2.45, 2.75) is 15.3 Å². The normalized spacial score (nSPS) is 23.6.